The minimum Gasteiger partial charge on any atom is -0.361 e. The van der Waals surface area contributed by atoms with Gasteiger partial charge in [0.15, 0.2) is 6.10 Å². The SMILES string of the molecule is Cc1noc(C)c1CN1CCC2(CC1)OC(C(=O)N(C)C)Cn1ccnc12. The molecule has 1 spiro atoms. The molecule has 1 saturated heterocycles. The third-order valence-electron chi connectivity index (χ3n) is 5.80. The molecule has 2 aliphatic heterocycles. The van der Waals surface area contributed by atoms with E-state index < -0.39 is 11.7 Å². The van der Waals surface area contributed by atoms with Gasteiger partial charge >= 0.3 is 0 Å². The van der Waals surface area contributed by atoms with Gasteiger partial charge in [-0.15, -0.1) is 0 Å². The number of aryl methyl sites for hydroxylation is 2. The predicted octanol–water partition coefficient (Wildman–Crippen LogP) is 1.47. The van der Waals surface area contributed by atoms with Crippen molar-refractivity contribution in [1.29, 1.82) is 0 Å². The summed E-state index contributed by atoms with van der Waals surface area (Å²) in [4.78, 5) is 21.1. The number of rotatable bonds is 3. The van der Waals surface area contributed by atoms with Crippen LogP contribution < -0.4 is 0 Å². The van der Waals surface area contributed by atoms with Crippen LogP contribution in [-0.2, 0) is 28.2 Å². The number of hydrogen-bond donors (Lipinski definition) is 0. The summed E-state index contributed by atoms with van der Waals surface area (Å²) in [6.45, 7) is 7.04. The summed E-state index contributed by atoms with van der Waals surface area (Å²) in [7, 11) is 3.54. The lowest BCUT2D eigenvalue weighted by atomic mass is 9.88. The molecular formula is C19H27N5O3. The van der Waals surface area contributed by atoms with Crippen LogP contribution >= 0.6 is 0 Å². The molecule has 1 amide bonds. The zero-order valence-electron chi connectivity index (χ0n) is 16.4. The molecule has 1 unspecified atom stereocenters. The second kappa shape index (κ2) is 6.76. The zero-order chi connectivity index (χ0) is 19.2. The minimum absolute atomic E-state index is 0.00637. The number of piperidine rings is 1. The number of ether oxygens (including phenoxy) is 1. The van der Waals surface area contributed by atoms with Crippen LogP contribution in [0.4, 0.5) is 0 Å². The molecule has 27 heavy (non-hydrogen) atoms. The van der Waals surface area contributed by atoms with Crippen molar-refractivity contribution < 1.29 is 14.1 Å². The van der Waals surface area contributed by atoms with Gasteiger partial charge < -0.3 is 18.7 Å². The summed E-state index contributed by atoms with van der Waals surface area (Å²) in [5, 5.41) is 4.05. The predicted molar refractivity (Wildman–Crippen MR) is 98.0 cm³/mol. The van der Waals surface area contributed by atoms with Gasteiger partial charge in [-0.05, 0) is 26.7 Å². The summed E-state index contributed by atoms with van der Waals surface area (Å²) in [5.41, 5.74) is 1.62. The smallest absolute Gasteiger partial charge is 0.253 e. The van der Waals surface area contributed by atoms with Crippen LogP contribution in [0.2, 0.25) is 0 Å². The Morgan fingerprint density at radius 3 is 2.70 bits per heavy atom. The number of nitrogens with zero attached hydrogens (tertiary/aromatic N) is 5. The molecular weight excluding hydrogens is 346 g/mol. The van der Waals surface area contributed by atoms with Crippen molar-refractivity contribution in [2.24, 2.45) is 0 Å². The van der Waals surface area contributed by atoms with Crippen LogP contribution in [0.3, 0.4) is 0 Å². The van der Waals surface area contributed by atoms with Crippen LogP contribution in [0.15, 0.2) is 16.9 Å². The number of carbonyl (C=O) groups is 1. The molecule has 2 aromatic rings. The number of aromatic nitrogens is 3. The van der Waals surface area contributed by atoms with Crippen LogP contribution in [0.1, 0.15) is 35.7 Å². The molecule has 2 aliphatic rings. The Kier molecular flexibility index (Phi) is 4.55. The Bertz CT molecular complexity index is 813. The molecule has 0 radical (unpaired) electrons. The largest absolute Gasteiger partial charge is 0.361 e. The van der Waals surface area contributed by atoms with Crippen molar-refractivity contribution in [3.05, 3.63) is 35.2 Å². The Morgan fingerprint density at radius 2 is 2.07 bits per heavy atom. The van der Waals surface area contributed by atoms with E-state index in [4.69, 9.17) is 9.26 Å². The molecule has 4 heterocycles. The standard InChI is InChI=1S/C19H27N5O3/c1-13-15(14(2)27-21-13)11-23-8-5-19(6-9-23)18-20-7-10-24(18)12-16(26-19)17(25)22(3)4/h7,10,16H,5-6,8-9,11-12H2,1-4H3. The van der Waals surface area contributed by atoms with Crippen LogP contribution in [0.5, 0.6) is 0 Å². The Hall–Kier alpha value is -2.19. The third kappa shape index (κ3) is 3.17. The van der Waals surface area contributed by atoms with E-state index in [-0.39, 0.29) is 5.91 Å². The molecule has 0 bridgehead atoms. The lowest BCUT2D eigenvalue weighted by Gasteiger charge is -2.45. The van der Waals surface area contributed by atoms with Crippen LogP contribution in [-0.4, -0.2) is 63.7 Å². The second-order valence-electron chi connectivity index (χ2n) is 7.82. The third-order valence-corrected chi connectivity index (χ3v) is 5.80. The highest BCUT2D eigenvalue weighted by molar-refractivity contribution is 5.80. The van der Waals surface area contributed by atoms with E-state index in [0.29, 0.717) is 6.54 Å². The van der Waals surface area contributed by atoms with E-state index in [2.05, 4.69) is 19.6 Å². The van der Waals surface area contributed by atoms with E-state index in [1.54, 1.807) is 25.2 Å². The maximum Gasteiger partial charge on any atom is 0.253 e. The second-order valence-corrected chi connectivity index (χ2v) is 7.82. The number of fused-ring (bicyclic) bond motifs is 2. The molecule has 0 aliphatic carbocycles. The first-order valence-electron chi connectivity index (χ1n) is 9.44. The van der Waals surface area contributed by atoms with Gasteiger partial charge in [-0.25, -0.2) is 4.98 Å². The minimum atomic E-state index is -0.493. The van der Waals surface area contributed by atoms with Crippen molar-refractivity contribution in [3.63, 3.8) is 0 Å². The molecule has 4 rings (SSSR count). The first-order valence-corrected chi connectivity index (χ1v) is 9.44. The number of amides is 1. The van der Waals surface area contributed by atoms with Crippen LogP contribution in [0, 0.1) is 13.8 Å². The average Bonchev–Trinajstić information content (AvgIpc) is 3.25. The normalized spacial score (nSPS) is 22.0. The summed E-state index contributed by atoms with van der Waals surface area (Å²) >= 11 is 0. The lowest BCUT2D eigenvalue weighted by Crippen LogP contribution is -2.53. The van der Waals surface area contributed by atoms with Gasteiger partial charge in [-0.1, -0.05) is 5.16 Å². The molecule has 0 N–H and O–H groups in total. The van der Waals surface area contributed by atoms with E-state index in [9.17, 15) is 4.79 Å². The van der Waals surface area contributed by atoms with Crippen molar-refractivity contribution in [2.75, 3.05) is 27.2 Å². The van der Waals surface area contributed by atoms with Gasteiger partial charge in [0.1, 0.15) is 17.2 Å². The van der Waals surface area contributed by atoms with Crippen molar-refractivity contribution in [2.45, 2.75) is 51.5 Å². The van der Waals surface area contributed by atoms with Crippen LogP contribution in [0.25, 0.3) is 0 Å². The first kappa shape index (κ1) is 18.2. The van der Waals surface area contributed by atoms with Gasteiger partial charge in [0.25, 0.3) is 5.91 Å². The van der Waals surface area contributed by atoms with Gasteiger partial charge in [0.05, 0.1) is 12.2 Å². The number of likely N-dealkylation sites (tertiary alicyclic amines) is 1. The Morgan fingerprint density at radius 1 is 1.33 bits per heavy atom. The topological polar surface area (TPSA) is 76.6 Å². The van der Waals surface area contributed by atoms with Crippen molar-refractivity contribution in [1.82, 2.24) is 24.5 Å². The number of carbonyl (C=O) groups excluding carboxylic acids is 1. The van der Waals surface area contributed by atoms with E-state index in [0.717, 1.165) is 55.3 Å². The highest BCUT2D eigenvalue weighted by atomic mass is 16.5. The molecule has 146 valence electrons. The fourth-order valence-electron chi connectivity index (χ4n) is 4.18. The molecule has 8 heteroatoms. The van der Waals surface area contributed by atoms with E-state index in [1.165, 1.54) is 0 Å². The monoisotopic (exact) mass is 373 g/mol. The maximum absolute atomic E-state index is 12.5. The zero-order valence-corrected chi connectivity index (χ0v) is 16.4. The average molecular weight is 373 g/mol. The molecule has 8 nitrogen and oxygen atoms in total. The van der Waals surface area contributed by atoms with Gasteiger partial charge in [0, 0.05) is 51.7 Å². The van der Waals surface area contributed by atoms with Gasteiger partial charge in [-0.3, -0.25) is 9.69 Å². The quantitative estimate of drug-likeness (QED) is 0.811. The maximum atomic E-state index is 12.5. The Labute approximate surface area is 159 Å². The van der Waals surface area contributed by atoms with E-state index >= 15 is 0 Å². The van der Waals surface area contributed by atoms with Crippen molar-refractivity contribution >= 4 is 5.91 Å². The number of likely N-dealkylation sites (N-methyl/N-ethyl adjacent to an activating group) is 1. The first-order chi connectivity index (χ1) is 12.9. The van der Waals surface area contributed by atoms with Gasteiger partial charge in [-0.2, -0.15) is 0 Å². The highest BCUT2D eigenvalue weighted by Crippen LogP contribution is 2.40. The Balaban J connectivity index is 1.52. The molecule has 1 atom stereocenters. The molecule has 0 aromatic carbocycles. The fraction of sp³-hybridized carbons (Fsp3) is 0.632. The lowest BCUT2D eigenvalue weighted by molar-refractivity contribution is -0.179. The summed E-state index contributed by atoms with van der Waals surface area (Å²) in [6, 6.07) is 0. The molecule has 0 saturated carbocycles. The van der Waals surface area contributed by atoms with Crippen molar-refractivity contribution in [3.8, 4) is 0 Å². The number of hydrogen-bond acceptors (Lipinski definition) is 6. The highest BCUT2D eigenvalue weighted by Gasteiger charge is 2.47. The summed E-state index contributed by atoms with van der Waals surface area (Å²) < 4.78 is 13.8. The molecule has 1 fully saturated rings. The van der Waals surface area contributed by atoms with Gasteiger partial charge in [0.2, 0.25) is 0 Å². The summed E-state index contributed by atoms with van der Waals surface area (Å²) in [6.07, 6.45) is 4.91. The fourth-order valence-corrected chi connectivity index (χ4v) is 4.18. The number of imidazole rings is 1. The molecule has 2 aromatic heterocycles. The summed E-state index contributed by atoms with van der Waals surface area (Å²) in [5.74, 6) is 1.84. The van der Waals surface area contributed by atoms with E-state index in [1.807, 2.05) is 20.0 Å².